The number of hydrogen-bond donors (Lipinski definition) is 0. The van der Waals surface area contributed by atoms with Crippen LogP contribution in [0.25, 0.3) is 0 Å². The minimum absolute atomic E-state index is 0.479. The Balaban J connectivity index is 2.04. The first kappa shape index (κ1) is 7.56. The van der Waals surface area contributed by atoms with Crippen molar-refractivity contribution in [3.05, 3.63) is 0 Å². The van der Waals surface area contributed by atoms with E-state index in [0.717, 1.165) is 19.8 Å². The lowest BCUT2D eigenvalue weighted by Crippen LogP contribution is -2.50. The summed E-state index contributed by atoms with van der Waals surface area (Å²) in [7, 11) is 0. The van der Waals surface area contributed by atoms with Crippen molar-refractivity contribution in [3.63, 3.8) is 0 Å². The van der Waals surface area contributed by atoms with Gasteiger partial charge in [-0.25, -0.2) is 0 Å². The molecule has 2 fully saturated rings. The Kier molecular flexibility index (Phi) is 1.69. The van der Waals surface area contributed by atoms with Crippen LogP contribution in [-0.2, 0) is 4.74 Å². The smallest absolute Gasteiger partial charge is 0.0651 e. The van der Waals surface area contributed by atoms with E-state index in [9.17, 15) is 0 Å². The Morgan fingerprint density at radius 2 is 2.09 bits per heavy atom. The zero-order chi connectivity index (χ0) is 7.90. The van der Waals surface area contributed by atoms with Crippen LogP contribution in [0.1, 0.15) is 26.7 Å². The van der Waals surface area contributed by atoms with Crippen LogP contribution in [0.3, 0.4) is 0 Å². The molecule has 64 valence electrons. The minimum atomic E-state index is 0.479. The zero-order valence-electron chi connectivity index (χ0n) is 7.47. The molecule has 0 aromatic rings. The Hall–Kier alpha value is -0.0800. The van der Waals surface area contributed by atoms with Gasteiger partial charge < -0.3 is 4.74 Å². The molecule has 0 aromatic carbocycles. The van der Waals surface area contributed by atoms with Gasteiger partial charge in [-0.3, -0.25) is 4.90 Å². The molecular formula is C9H17NO. The largest absolute Gasteiger partial charge is 0.378 e. The van der Waals surface area contributed by atoms with Crippen LogP contribution in [0.4, 0.5) is 0 Å². The van der Waals surface area contributed by atoms with E-state index >= 15 is 0 Å². The van der Waals surface area contributed by atoms with Gasteiger partial charge in [0.15, 0.2) is 0 Å². The van der Waals surface area contributed by atoms with Gasteiger partial charge in [0.2, 0.25) is 0 Å². The molecule has 1 saturated carbocycles. The highest BCUT2D eigenvalue weighted by Crippen LogP contribution is 2.44. The third-order valence-corrected chi connectivity index (χ3v) is 2.91. The van der Waals surface area contributed by atoms with Crippen LogP contribution in [0.15, 0.2) is 0 Å². The van der Waals surface area contributed by atoms with Crippen molar-refractivity contribution in [1.82, 2.24) is 4.90 Å². The summed E-state index contributed by atoms with van der Waals surface area (Å²) in [6.45, 7) is 7.61. The number of hydrogen-bond acceptors (Lipinski definition) is 2. The van der Waals surface area contributed by atoms with Gasteiger partial charge >= 0.3 is 0 Å². The van der Waals surface area contributed by atoms with Crippen LogP contribution in [0.5, 0.6) is 0 Å². The average Bonchev–Trinajstić information content (AvgIpc) is 2.70. The van der Waals surface area contributed by atoms with E-state index in [-0.39, 0.29) is 0 Å². The molecule has 0 N–H and O–H groups in total. The van der Waals surface area contributed by atoms with Crippen molar-refractivity contribution in [2.45, 2.75) is 38.3 Å². The topological polar surface area (TPSA) is 12.5 Å². The molecule has 1 spiro atoms. The molecule has 1 saturated heterocycles. The third kappa shape index (κ3) is 1.18. The number of rotatable bonds is 1. The lowest BCUT2D eigenvalue weighted by atomic mass is 10.1. The van der Waals surface area contributed by atoms with Crippen LogP contribution in [0.2, 0.25) is 0 Å². The van der Waals surface area contributed by atoms with Gasteiger partial charge in [-0.15, -0.1) is 0 Å². The van der Waals surface area contributed by atoms with Crippen molar-refractivity contribution in [2.75, 3.05) is 19.8 Å². The summed E-state index contributed by atoms with van der Waals surface area (Å²) in [6, 6.07) is 0.696. The molecule has 0 bridgehead atoms. The molecule has 2 nitrogen and oxygen atoms in total. The molecule has 2 rings (SSSR count). The summed E-state index contributed by atoms with van der Waals surface area (Å²) in [5, 5.41) is 0. The first-order chi connectivity index (χ1) is 5.25. The molecule has 2 aliphatic rings. The van der Waals surface area contributed by atoms with E-state index < -0.39 is 0 Å². The van der Waals surface area contributed by atoms with E-state index in [1.807, 2.05) is 0 Å². The molecule has 1 aliphatic carbocycles. The average molecular weight is 155 g/mol. The molecule has 0 atom stereocenters. The Bertz CT molecular complexity index is 152. The number of morpholine rings is 1. The first-order valence-corrected chi connectivity index (χ1v) is 4.59. The standard InChI is InChI=1S/C9H17NO/c1-8(2)10-5-6-11-7-9(10)3-4-9/h8H,3-7H2,1-2H3. The summed E-state index contributed by atoms with van der Waals surface area (Å²) in [5.74, 6) is 0. The maximum absolute atomic E-state index is 5.49. The lowest BCUT2D eigenvalue weighted by molar-refractivity contribution is -0.0350. The summed E-state index contributed by atoms with van der Waals surface area (Å²) in [4.78, 5) is 2.61. The summed E-state index contributed by atoms with van der Waals surface area (Å²) >= 11 is 0. The molecule has 2 heteroatoms. The van der Waals surface area contributed by atoms with E-state index in [2.05, 4.69) is 18.7 Å². The fourth-order valence-electron chi connectivity index (χ4n) is 2.13. The Morgan fingerprint density at radius 3 is 2.55 bits per heavy atom. The third-order valence-electron chi connectivity index (χ3n) is 2.91. The van der Waals surface area contributed by atoms with Crippen molar-refractivity contribution in [2.24, 2.45) is 0 Å². The summed E-state index contributed by atoms with van der Waals surface area (Å²) < 4.78 is 5.49. The first-order valence-electron chi connectivity index (χ1n) is 4.59. The molecule has 0 unspecified atom stereocenters. The maximum Gasteiger partial charge on any atom is 0.0651 e. The Labute approximate surface area is 68.5 Å². The summed E-state index contributed by atoms with van der Waals surface area (Å²) in [6.07, 6.45) is 2.70. The van der Waals surface area contributed by atoms with E-state index in [4.69, 9.17) is 4.74 Å². The predicted molar refractivity (Wildman–Crippen MR) is 44.6 cm³/mol. The number of ether oxygens (including phenoxy) is 1. The number of nitrogens with zero attached hydrogens (tertiary/aromatic N) is 1. The van der Waals surface area contributed by atoms with Crippen molar-refractivity contribution in [1.29, 1.82) is 0 Å². The minimum Gasteiger partial charge on any atom is -0.378 e. The molecule has 0 amide bonds. The zero-order valence-corrected chi connectivity index (χ0v) is 7.47. The second kappa shape index (κ2) is 2.46. The quantitative estimate of drug-likeness (QED) is 0.565. The van der Waals surface area contributed by atoms with Crippen LogP contribution >= 0.6 is 0 Å². The van der Waals surface area contributed by atoms with Gasteiger partial charge in [-0.05, 0) is 26.7 Å². The van der Waals surface area contributed by atoms with Gasteiger partial charge in [0.25, 0.3) is 0 Å². The SMILES string of the molecule is CC(C)N1CCOCC12CC2. The van der Waals surface area contributed by atoms with Crippen LogP contribution in [0, 0.1) is 0 Å². The highest BCUT2D eigenvalue weighted by molar-refractivity contribution is 5.06. The van der Waals surface area contributed by atoms with Gasteiger partial charge in [-0.2, -0.15) is 0 Å². The van der Waals surface area contributed by atoms with Crippen molar-refractivity contribution in [3.8, 4) is 0 Å². The molecule has 0 radical (unpaired) electrons. The normalized spacial score (nSPS) is 29.7. The molecule has 1 aliphatic heterocycles. The van der Waals surface area contributed by atoms with E-state index in [0.29, 0.717) is 11.6 Å². The second-order valence-electron chi connectivity index (χ2n) is 4.06. The van der Waals surface area contributed by atoms with Crippen LogP contribution in [-0.4, -0.2) is 36.2 Å². The van der Waals surface area contributed by atoms with E-state index in [1.165, 1.54) is 12.8 Å². The van der Waals surface area contributed by atoms with Crippen LogP contribution < -0.4 is 0 Å². The second-order valence-corrected chi connectivity index (χ2v) is 4.06. The maximum atomic E-state index is 5.49. The monoisotopic (exact) mass is 155 g/mol. The van der Waals surface area contributed by atoms with Gasteiger partial charge in [-0.1, -0.05) is 0 Å². The predicted octanol–water partition coefficient (Wildman–Crippen LogP) is 1.26. The van der Waals surface area contributed by atoms with Crippen molar-refractivity contribution >= 4 is 0 Å². The fourth-order valence-corrected chi connectivity index (χ4v) is 2.13. The molecule has 11 heavy (non-hydrogen) atoms. The lowest BCUT2D eigenvalue weighted by Gasteiger charge is -2.38. The van der Waals surface area contributed by atoms with Crippen molar-refractivity contribution < 1.29 is 4.74 Å². The highest BCUT2D eigenvalue weighted by atomic mass is 16.5. The fraction of sp³-hybridized carbons (Fsp3) is 1.00. The highest BCUT2D eigenvalue weighted by Gasteiger charge is 2.50. The van der Waals surface area contributed by atoms with Gasteiger partial charge in [0.05, 0.1) is 13.2 Å². The molecule has 0 aromatic heterocycles. The van der Waals surface area contributed by atoms with E-state index in [1.54, 1.807) is 0 Å². The molecule has 1 heterocycles. The van der Waals surface area contributed by atoms with Gasteiger partial charge in [0, 0.05) is 18.1 Å². The summed E-state index contributed by atoms with van der Waals surface area (Å²) in [5.41, 5.74) is 0.479. The van der Waals surface area contributed by atoms with Gasteiger partial charge in [0.1, 0.15) is 0 Å². The molecular weight excluding hydrogens is 138 g/mol. The Morgan fingerprint density at radius 1 is 1.36 bits per heavy atom.